The van der Waals surface area contributed by atoms with E-state index in [1.807, 2.05) is 12.1 Å². The maximum Gasteiger partial charge on any atom is 0.256 e. The van der Waals surface area contributed by atoms with E-state index >= 15 is 0 Å². The van der Waals surface area contributed by atoms with E-state index in [9.17, 15) is 4.79 Å². The van der Waals surface area contributed by atoms with Crippen LogP contribution < -0.4 is 20.1 Å². The number of rotatable bonds is 7. The number of pyridine rings is 1. The minimum atomic E-state index is -0.802. The fraction of sp³-hybridized carbons (Fsp3) is 0.400. The zero-order valence-corrected chi connectivity index (χ0v) is 15.7. The lowest BCUT2D eigenvalue weighted by Crippen LogP contribution is -2.51. The number of amides is 1. The molecule has 144 valence electrons. The molecular formula is C20H25N3O4. The largest absolute Gasteiger partial charge is 0.493 e. The van der Waals surface area contributed by atoms with Crippen LogP contribution in [0.4, 0.5) is 5.69 Å². The molecule has 1 fully saturated rings. The molecule has 1 aliphatic heterocycles. The van der Waals surface area contributed by atoms with E-state index in [4.69, 9.17) is 14.2 Å². The average Bonchev–Trinajstić information content (AvgIpc) is 2.73. The maximum atomic E-state index is 12.8. The van der Waals surface area contributed by atoms with Crippen LogP contribution in [0.1, 0.15) is 18.4 Å². The number of carbonyl (C=O) groups is 1. The molecule has 1 aliphatic rings. The second kappa shape index (κ2) is 8.83. The van der Waals surface area contributed by atoms with E-state index in [1.165, 1.54) is 0 Å². The molecule has 1 saturated heterocycles. The number of hydrogen-bond acceptors (Lipinski definition) is 6. The van der Waals surface area contributed by atoms with Gasteiger partial charge in [0.05, 0.1) is 7.11 Å². The Morgan fingerprint density at radius 1 is 1.15 bits per heavy atom. The minimum absolute atomic E-state index is 0.142. The highest BCUT2D eigenvalue weighted by atomic mass is 16.5. The quantitative estimate of drug-likeness (QED) is 0.778. The summed E-state index contributed by atoms with van der Waals surface area (Å²) in [5.74, 6) is 1.02. The molecule has 0 spiro atoms. The van der Waals surface area contributed by atoms with Crippen molar-refractivity contribution in [2.75, 3.05) is 32.6 Å². The molecule has 0 radical (unpaired) electrons. The second-order valence-electron chi connectivity index (χ2n) is 6.41. The van der Waals surface area contributed by atoms with Gasteiger partial charge >= 0.3 is 0 Å². The molecule has 27 heavy (non-hydrogen) atoms. The number of nitrogens with one attached hydrogen (secondary N) is 2. The Morgan fingerprint density at radius 3 is 2.56 bits per heavy atom. The number of piperidine rings is 1. The molecule has 0 saturated carbocycles. The molecule has 2 heterocycles. The van der Waals surface area contributed by atoms with Crippen LogP contribution in [0.25, 0.3) is 0 Å². The van der Waals surface area contributed by atoms with Crippen molar-refractivity contribution >= 4 is 11.6 Å². The maximum absolute atomic E-state index is 12.8. The van der Waals surface area contributed by atoms with Gasteiger partial charge in [-0.05, 0) is 55.8 Å². The molecular weight excluding hydrogens is 346 g/mol. The van der Waals surface area contributed by atoms with Gasteiger partial charge in [-0.1, -0.05) is 0 Å². The summed E-state index contributed by atoms with van der Waals surface area (Å²) in [6, 6.07) is 9.11. The van der Waals surface area contributed by atoms with Crippen molar-refractivity contribution in [3.05, 3.63) is 48.3 Å². The van der Waals surface area contributed by atoms with E-state index < -0.39 is 5.60 Å². The Morgan fingerprint density at radius 2 is 1.89 bits per heavy atom. The van der Waals surface area contributed by atoms with Gasteiger partial charge < -0.3 is 24.8 Å². The van der Waals surface area contributed by atoms with Crippen molar-refractivity contribution in [2.24, 2.45) is 0 Å². The molecule has 1 amide bonds. The zero-order chi connectivity index (χ0) is 19.1. The lowest BCUT2D eigenvalue weighted by Gasteiger charge is -2.34. The normalized spacial score (nSPS) is 15.8. The molecule has 7 heteroatoms. The van der Waals surface area contributed by atoms with E-state index in [0.717, 1.165) is 18.7 Å². The highest BCUT2D eigenvalue weighted by Crippen LogP contribution is 2.32. The Labute approximate surface area is 159 Å². The van der Waals surface area contributed by atoms with Crippen LogP contribution in [0.15, 0.2) is 42.7 Å². The third-order valence-corrected chi connectivity index (χ3v) is 4.78. The van der Waals surface area contributed by atoms with Crippen molar-refractivity contribution in [1.29, 1.82) is 0 Å². The fourth-order valence-electron chi connectivity index (χ4n) is 3.11. The Balaban J connectivity index is 1.73. The number of aromatic nitrogens is 1. The Bertz CT molecular complexity index is 761. The van der Waals surface area contributed by atoms with Gasteiger partial charge in [-0.3, -0.25) is 9.78 Å². The molecule has 0 unspecified atom stereocenters. The van der Waals surface area contributed by atoms with Crippen molar-refractivity contribution in [3.63, 3.8) is 0 Å². The van der Waals surface area contributed by atoms with Crippen molar-refractivity contribution in [3.8, 4) is 11.5 Å². The minimum Gasteiger partial charge on any atom is -0.493 e. The molecule has 0 aliphatic carbocycles. The lowest BCUT2D eigenvalue weighted by atomic mass is 9.91. The summed E-state index contributed by atoms with van der Waals surface area (Å²) in [6.45, 7) is 1.89. The van der Waals surface area contributed by atoms with E-state index in [2.05, 4.69) is 15.6 Å². The van der Waals surface area contributed by atoms with E-state index in [1.54, 1.807) is 44.8 Å². The van der Waals surface area contributed by atoms with Gasteiger partial charge in [0, 0.05) is 31.3 Å². The Hall–Kier alpha value is -2.64. The number of benzene rings is 1. The fourth-order valence-corrected chi connectivity index (χ4v) is 3.11. The molecule has 2 N–H and O–H groups in total. The van der Waals surface area contributed by atoms with Gasteiger partial charge in [0.25, 0.3) is 5.91 Å². The summed E-state index contributed by atoms with van der Waals surface area (Å²) < 4.78 is 16.8. The topological polar surface area (TPSA) is 81.7 Å². The third-order valence-electron chi connectivity index (χ3n) is 4.78. The first kappa shape index (κ1) is 19.1. The number of anilines is 1. The van der Waals surface area contributed by atoms with Crippen LogP contribution in [0, 0.1) is 0 Å². The first-order valence-electron chi connectivity index (χ1n) is 8.94. The monoisotopic (exact) mass is 371 g/mol. The van der Waals surface area contributed by atoms with Crippen LogP contribution in [-0.2, 0) is 16.1 Å². The summed E-state index contributed by atoms with van der Waals surface area (Å²) in [6.07, 6.45) is 4.71. The second-order valence-corrected chi connectivity index (χ2v) is 6.41. The van der Waals surface area contributed by atoms with Gasteiger partial charge in [0.2, 0.25) is 0 Å². The smallest absolute Gasteiger partial charge is 0.256 e. The first-order chi connectivity index (χ1) is 13.2. The molecule has 1 aromatic carbocycles. The Kier molecular flexibility index (Phi) is 6.26. The van der Waals surface area contributed by atoms with E-state index in [-0.39, 0.29) is 5.91 Å². The number of hydrogen-bond donors (Lipinski definition) is 2. The van der Waals surface area contributed by atoms with E-state index in [0.29, 0.717) is 36.6 Å². The number of nitrogens with zero attached hydrogens (tertiary/aromatic N) is 1. The lowest BCUT2D eigenvalue weighted by molar-refractivity contribution is -0.140. The van der Waals surface area contributed by atoms with Crippen molar-refractivity contribution in [2.45, 2.75) is 25.0 Å². The summed E-state index contributed by atoms with van der Waals surface area (Å²) in [5.41, 5.74) is 0.832. The van der Waals surface area contributed by atoms with Gasteiger partial charge in [-0.15, -0.1) is 0 Å². The van der Waals surface area contributed by atoms with Gasteiger partial charge in [0.1, 0.15) is 12.2 Å². The summed E-state index contributed by atoms with van der Waals surface area (Å²) in [4.78, 5) is 16.8. The van der Waals surface area contributed by atoms with Gasteiger partial charge in [-0.25, -0.2) is 0 Å². The first-order valence-corrected chi connectivity index (χ1v) is 8.94. The van der Waals surface area contributed by atoms with Gasteiger partial charge in [-0.2, -0.15) is 0 Å². The van der Waals surface area contributed by atoms with Gasteiger partial charge in [0.15, 0.2) is 11.5 Å². The molecule has 7 nitrogen and oxygen atoms in total. The predicted molar refractivity (Wildman–Crippen MR) is 102 cm³/mol. The van der Waals surface area contributed by atoms with Crippen LogP contribution >= 0.6 is 0 Å². The standard InChI is InChI=1S/C20H25N3O4/c1-25-17-4-3-16(13-18(17)27-14-15-5-9-21-10-6-15)23-19(24)20(26-2)7-11-22-12-8-20/h3-6,9-10,13,22H,7-8,11-12,14H2,1-2H3,(H,23,24). The van der Waals surface area contributed by atoms with Crippen molar-refractivity contribution in [1.82, 2.24) is 10.3 Å². The highest BCUT2D eigenvalue weighted by Gasteiger charge is 2.39. The number of methoxy groups -OCH3 is 2. The average molecular weight is 371 g/mol. The third kappa shape index (κ3) is 4.56. The molecule has 3 rings (SSSR count). The molecule has 0 bridgehead atoms. The number of ether oxygens (including phenoxy) is 3. The van der Waals surface area contributed by atoms with Crippen LogP contribution in [0.2, 0.25) is 0 Å². The molecule has 2 aromatic rings. The summed E-state index contributed by atoms with van der Waals surface area (Å²) in [7, 11) is 3.17. The highest BCUT2D eigenvalue weighted by molar-refractivity contribution is 5.97. The predicted octanol–water partition coefficient (Wildman–Crippen LogP) is 2.38. The molecule has 0 atom stereocenters. The van der Waals surface area contributed by atoms with Crippen LogP contribution in [-0.4, -0.2) is 43.8 Å². The summed E-state index contributed by atoms with van der Waals surface area (Å²) >= 11 is 0. The SMILES string of the molecule is COc1ccc(NC(=O)C2(OC)CCNCC2)cc1OCc1ccncc1. The zero-order valence-electron chi connectivity index (χ0n) is 15.7. The molecule has 1 aromatic heterocycles. The van der Waals surface area contributed by atoms with Crippen LogP contribution in [0.3, 0.4) is 0 Å². The number of carbonyl (C=O) groups excluding carboxylic acids is 1. The van der Waals surface area contributed by atoms with Crippen molar-refractivity contribution < 1.29 is 19.0 Å². The summed E-state index contributed by atoms with van der Waals surface area (Å²) in [5, 5.41) is 6.20. The van der Waals surface area contributed by atoms with Crippen LogP contribution in [0.5, 0.6) is 11.5 Å².